The van der Waals surface area contributed by atoms with Crippen molar-refractivity contribution in [1.82, 2.24) is 5.32 Å². The van der Waals surface area contributed by atoms with Crippen LogP contribution in [-0.4, -0.2) is 7.05 Å². The normalized spacial score (nSPS) is 11.1. The van der Waals surface area contributed by atoms with Gasteiger partial charge in [0, 0.05) is 17.5 Å². The number of hydrogen-bond acceptors (Lipinski definition) is 2. The molecule has 0 radical (unpaired) electrons. The summed E-state index contributed by atoms with van der Waals surface area (Å²) in [4.78, 5) is 0. The van der Waals surface area contributed by atoms with Gasteiger partial charge in [0.05, 0.1) is 10.7 Å². The van der Waals surface area contributed by atoms with Crippen LogP contribution in [0.2, 0.25) is 0 Å². The molecule has 0 saturated heterocycles. The summed E-state index contributed by atoms with van der Waals surface area (Å²) >= 11 is 3.50. The molecule has 0 unspecified atom stereocenters. The van der Waals surface area contributed by atoms with Crippen LogP contribution in [0.1, 0.15) is 11.1 Å². The second-order valence-corrected chi connectivity index (χ2v) is 4.27. The summed E-state index contributed by atoms with van der Waals surface area (Å²) in [6, 6.07) is 4.21. The minimum Gasteiger partial charge on any atom is -0.463 e. The van der Waals surface area contributed by atoms with Crippen LogP contribution in [0.4, 0.5) is 0 Å². The third kappa shape index (κ3) is 1.57. The molecular weight excluding hydrogens is 242 g/mol. The summed E-state index contributed by atoms with van der Waals surface area (Å²) in [6.45, 7) is 2.92. The predicted octanol–water partition coefficient (Wildman–Crippen LogP) is 3.22. The minimum absolute atomic E-state index is 0.836. The highest BCUT2D eigenvalue weighted by Crippen LogP contribution is 2.29. The van der Waals surface area contributed by atoms with Crippen molar-refractivity contribution in [2.45, 2.75) is 13.5 Å². The van der Waals surface area contributed by atoms with Gasteiger partial charge in [0.1, 0.15) is 5.58 Å². The largest absolute Gasteiger partial charge is 0.463 e. The maximum absolute atomic E-state index is 5.50. The highest BCUT2D eigenvalue weighted by molar-refractivity contribution is 9.10. The molecule has 1 heterocycles. The van der Waals surface area contributed by atoms with E-state index in [1.165, 1.54) is 16.5 Å². The van der Waals surface area contributed by atoms with E-state index in [-0.39, 0.29) is 0 Å². The van der Waals surface area contributed by atoms with Gasteiger partial charge in [-0.15, -0.1) is 0 Å². The lowest BCUT2D eigenvalue weighted by atomic mass is 10.1. The van der Waals surface area contributed by atoms with Crippen molar-refractivity contribution in [2.75, 3.05) is 7.05 Å². The number of hydrogen-bond donors (Lipinski definition) is 1. The van der Waals surface area contributed by atoms with Crippen molar-refractivity contribution in [3.8, 4) is 0 Å². The molecule has 1 aromatic heterocycles. The molecule has 0 aliphatic heterocycles. The summed E-state index contributed by atoms with van der Waals surface area (Å²) in [5.74, 6) is 0. The molecule has 3 heteroatoms. The summed E-state index contributed by atoms with van der Waals surface area (Å²) < 4.78 is 6.52. The molecule has 0 saturated carbocycles. The Hall–Kier alpha value is -0.800. The van der Waals surface area contributed by atoms with Crippen LogP contribution in [0.25, 0.3) is 11.0 Å². The monoisotopic (exact) mass is 253 g/mol. The lowest BCUT2D eigenvalue weighted by molar-refractivity contribution is 0.605. The second-order valence-electron chi connectivity index (χ2n) is 3.41. The maximum atomic E-state index is 5.50. The molecule has 74 valence electrons. The average molecular weight is 254 g/mol. The molecule has 0 bridgehead atoms. The van der Waals surface area contributed by atoms with Crippen molar-refractivity contribution in [1.29, 1.82) is 0 Å². The average Bonchev–Trinajstić information content (AvgIpc) is 2.49. The zero-order valence-electron chi connectivity index (χ0n) is 8.23. The van der Waals surface area contributed by atoms with Crippen molar-refractivity contribution in [3.63, 3.8) is 0 Å². The summed E-state index contributed by atoms with van der Waals surface area (Å²) in [7, 11) is 1.93. The standard InChI is InChI=1S/C11H12BrNO/c1-7-3-9-8(5-13-2)6-14-11(9)10(12)4-7/h3-4,6,13H,5H2,1-2H3. The first kappa shape index (κ1) is 9.74. The molecule has 0 spiro atoms. The second kappa shape index (κ2) is 3.75. The first-order chi connectivity index (χ1) is 6.72. The van der Waals surface area contributed by atoms with Crippen LogP contribution in [-0.2, 0) is 6.54 Å². The number of nitrogens with one attached hydrogen (secondary N) is 1. The summed E-state index contributed by atoms with van der Waals surface area (Å²) in [5.41, 5.74) is 3.37. The molecule has 0 aliphatic carbocycles. The fourth-order valence-corrected chi connectivity index (χ4v) is 2.28. The van der Waals surface area contributed by atoms with Gasteiger partial charge in [-0.2, -0.15) is 0 Å². The van der Waals surface area contributed by atoms with E-state index in [0.29, 0.717) is 0 Å². The van der Waals surface area contributed by atoms with Crippen LogP contribution < -0.4 is 5.32 Å². The van der Waals surface area contributed by atoms with Gasteiger partial charge in [0.25, 0.3) is 0 Å². The summed E-state index contributed by atoms with van der Waals surface area (Å²) in [6.07, 6.45) is 1.81. The Bertz CT molecular complexity index is 462. The van der Waals surface area contributed by atoms with Crippen LogP contribution >= 0.6 is 15.9 Å². The smallest absolute Gasteiger partial charge is 0.148 e. The van der Waals surface area contributed by atoms with Crippen molar-refractivity contribution in [3.05, 3.63) is 34.0 Å². The van der Waals surface area contributed by atoms with Gasteiger partial charge in [-0.05, 0) is 47.6 Å². The van der Waals surface area contributed by atoms with E-state index in [1.807, 2.05) is 13.3 Å². The molecule has 0 aliphatic rings. The number of furan rings is 1. The van der Waals surface area contributed by atoms with E-state index < -0.39 is 0 Å². The molecular formula is C11H12BrNO. The molecule has 0 amide bonds. The molecule has 1 N–H and O–H groups in total. The fraction of sp³-hybridized carbons (Fsp3) is 0.273. The lowest BCUT2D eigenvalue weighted by Crippen LogP contribution is -2.03. The predicted molar refractivity (Wildman–Crippen MR) is 61.4 cm³/mol. The third-order valence-electron chi connectivity index (χ3n) is 2.22. The Morgan fingerprint density at radius 3 is 2.93 bits per heavy atom. The summed E-state index contributed by atoms with van der Waals surface area (Å²) in [5, 5.41) is 4.31. The van der Waals surface area contributed by atoms with Crippen molar-refractivity contribution in [2.24, 2.45) is 0 Å². The number of fused-ring (bicyclic) bond motifs is 1. The van der Waals surface area contributed by atoms with Gasteiger partial charge in [0.2, 0.25) is 0 Å². The van der Waals surface area contributed by atoms with Gasteiger partial charge >= 0.3 is 0 Å². The van der Waals surface area contributed by atoms with E-state index >= 15 is 0 Å². The van der Waals surface area contributed by atoms with Gasteiger partial charge in [-0.25, -0.2) is 0 Å². The Kier molecular flexibility index (Phi) is 2.61. The number of aryl methyl sites for hydroxylation is 1. The highest BCUT2D eigenvalue weighted by Gasteiger charge is 2.08. The van der Waals surface area contributed by atoms with Crippen LogP contribution in [0.5, 0.6) is 0 Å². The van der Waals surface area contributed by atoms with E-state index in [4.69, 9.17) is 4.42 Å². The van der Waals surface area contributed by atoms with Crippen LogP contribution in [0.15, 0.2) is 27.3 Å². The fourth-order valence-electron chi connectivity index (χ4n) is 1.61. The number of benzene rings is 1. The van der Waals surface area contributed by atoms with Crippen LogP contribution in [0.3, 0.4) is 0 Å². The molecule has 2 nitrogen and oxygen atoms in total. The molecule has 2 aromatic rings. The SMILES string of the molecule is CNCc1coc2c(Br)cc(C)cc12. The molecule has 0 fully saturated rings. The molecule has 0 atom stereocenters. The first-order valence-corrected chi connectivity index (χ1v) is 5.32. The maximum Gasteiger partial charge on any atom is 0.148 e. The van der Waals surface area contributed by atoms with E-state index in [0.717, 1.165) is 16.6 Å². The number of rotatable bonds is 2. The first-order valence-electron chi connectivity index (χ1n) is 4.53. The van der Waals surface area contributed by atoms with E-state index in [2.05, 4.69) is 40.3 Å². The Morgan fingerprint density at radius 1 is 1.43 bits per heavy atom. The van der Waals surface area contributed by atoms with Crippen molar-refractivity contribution < 1.29 is 4.42 Å². The number of halogens is 1. The van der Waals surface area contributed by atoms with Gasteiger partial charge in [-0.1, -0.05) is 0 Å². The lowest BCUT2D eigenvalue weighted by Gasteiger charge is -1.98. The third-order valence-corrected chi connectivity index (χ3v) is 2.81. The van der Waals surface area contributed by atoms with Gasteiger partial charge in [-0.3, -0.25) is 0 Å². The van der Waals surface area contributed by atoms with Gasteiger partial charge < -0.3 is 9.73 Å². The van der Waals surface area contributed by atoms with Crippen molar-refractivity contribution >= 4 is 26.9 Å². The van der Waals surface area contributed by atoms with E-state index in [9.17, 15) is 0 Å². The Labute approximate surface area is 91.4 Å². The quantitative estimate of drug-likeness (QED) is 0.890. The topological polar surface area (TPSA) is 25.2 Å². The zero-order valence-corrected chi connectivity index (χ0v) is 9.81. The van der Waals surface area contributed by atoms with Gasteiger partial charge in [0.15, 0.2) is 0 Å². The minimum atomic E-state index is 0.836. The highest BCUT2D eigenvalue weighted by atomic mass is 79.9. The Balaban J connectivity index is 2.66. The van der Waals surface area contributed by atoms with Crippen LogP contribution in [0, 0.1) is 6.92 Å². The zero-order chi connectivity index (χ0) is 10.1. The molecule has 1 aromatic carbocycles. The van der Waals surface area contributed by atoms with E-state index in [1.54, 1.807) is 0 Å². The Morgan fingerprint density at radius 2 is 2.21 bits per heavy atom. The molecule has 2 rings (SSSR count). The molecule has 14 heavy (non-hydrogen) atoms.